The summed E-state index contributed by atoms with van der Waals surface area (Å²) in [7, 11) is 0. The van der Waals surface area contributed by atoms with Crippen LogP contribution < -0.4 is 4.90 Å². The van der Waals surface area contributed by atoms with Crippen LogP contribution in [0.5, 0.6) is 0 Å². The van der Waals surface area contributed by atoms with E-state index in [4.69, 9.17) is 11.6 Å². The van der Waals surface area contributed by atoms with Gasteiger partial charge in [0.05, 0.1) is 27.7 Å². The van der Waals surface area contributed by atoms with E-state index >= 15 is 0 Å². The van der Waals surface area contributed by atoms with E-state index in [2.05, 4.69) is 0 Å². The van der Waals surface area contributed by atoms with Crippen LogP contribution >= 0.6 is 22.9 Å². The van der Waals surface area contributed by atoms with Crippen LogP contribution in [0.15, 0.2) is 35.7 Å². The monoisotopic (exact) mass is 305 g/mol. The summed E-state index contributed by atoms with van der Waals surface area (Å²) in [5.74, 6) is -1.57. The summed E-state index contributed by atoms with van der Waals surface area (Å²) in [6.45, 7) is -0.154. The molecule has 0 unspecified atom stereocenters. The summed E-state index contributed by atoms with van der Waals surface area (Å²) < 4.78 is 0. The molecule has 0 saturated heterocycles. The first-order chi connectivity index (χ1) is 9.59. The molecule has 3 rings (SSSR count). The third-order valence-electron chi connectivity index (χ3n) is 3.05. The molecule has 20 heavy (non-hydrogen) atoms. The van der Waals surface area contributed by atoms with Crippen molar-refractivity contribution >= 4 is 46.1 Å². The van der Waals surface area contributed by atoms with Crippen molar-refractivity contribution in [2.24, 2.45) is 0 Å². The molecule has 6 heteroatoms. The molecule has 0 radical (unpaired) electrons. The molecule has 0 saturated carbocycles. The Hall–Kier alpha value is -1.98. The second kappa shape index (κ2) is 4.85. The summed E-state index contributed by atoms with van der Waals surface area (Å²) in [6, 6.07) is 8.27. The largest absolute Gasteiger partial charge is 0.299 e. The second-order valence-electron chi connectivity index (χ2n) is 4.25. The number of amides is 1. The van der Waals surface area contributed by atoms with Crippen molar-refractivity contribution in [1.29, 1.82) is 0 Å². The van der Waals surface area contributed by atoms with Crippen molar-refractivity contribution in [3.8, 4) is 0 Å². The number of ketones is 2. The molecule has 1 aliphatic heterocycles. The molecular formula is C14H8ClNO3S. The fourth-order valence-electron chi connectivity index (χ4n) is 2.12. The van der Waals surface area contributed by atoms with Crippen LogP contribution in [0.3, 0.4) is 0 Å². The molecule has 2 heterocycles. The van der Waals surface area contributed by atoms with Gasteiger partial charge in [0.15, 0.2) is 5.78 Å². The molecule has 0 fully saturated rings. The molecule has 0 atom stereocenters. The summed E-state index contributed by atoms with van der Waals surface area (Å²) >= 11 is 7.25. The Labute approximate surface area is 123 Å². The molecule has 0 aliphatic carbocycles. The van der Waals surface area contributed by atoms with Gasteiger partial charge in [-0.05, 0) is 23.6 Å². The minimum atomic E-state index is -0.710. The quantitative estimate of drug-likeness (QED) is 0.647. The van der Waals surface area contributed by atoms with E-state index in [9.17, 15) is 14.4 Å². The van der Waals surface area contributed by atoms with Crippen LogP contribution in [0, 0.1) is 0 Å². The maximum absolute atomic E-state index is 12.1. The smallest absolute Gasteiger partial charge is 0.297 e. The molecule has 4 nitrogen and oxygen atoms in total. The number of nitrogens with zero attached hydrogens (tertiary/aromatic N) is 1. The van der Waals surface area contributed by atoms with Gasteiger partial charge in [0.2, 0.25) is 0 Å². The Morgan fingerprint density at radius 1 is 1.20 bits per heavy atom. The highest BCUT2D eigenvalue weighted by Gasteiger charge is 2.38. The highest BCUT2D eigenvalue weighted by molar-refractivity contribution is 7.12. The van der Waals surface area contributed by atoms with Crippen LogP contribution in [-0.2, 0) is 4.79 Å². The van der Waals surface area contributed by atoms with Crippen LogP contribution in [-0.4, -0.2) is 24.0 Å². The number of hydrogen-bond acceptors (Lipinski definition) is 4. The van der Waals surface area contributed by atoms with Crippen LogP contribution in [0.25, 0.3) is 0 Å². The Kier molecular flexibility index (Phi) is 3.16. The van der Waals surface area contributed by atoms with Gasteiger partial charge in [-0.1, -0.05) is 23.7 Å². The second-order valence-corrected chi connectivity index (χ2v) is 5.61. The Bertz CT molecular complexity index is 724. The zero-order chi connectivity index (χ0) is 14.3. The van der Waals surface area contributed by atoms with Gasteiger partial charge in [-0.25, -0.2) is 0 Å². The van der Waals surface area contributed by atoms with Gasteiger partial charge >= 0.3 is 0 Å². The zero-order valence-corrected chi connectivity index (χ0v) is 11.7. The van der Waals surface area contributed by atoms with Gasteiger partial charge < -0.3 is 0 Å². The van der Waals surface area contributed by atoms with Gasteiger partial charge in [-0.15, -0.1) is 11.3 Å². The Balaban J connectivity index is 1.96. The minimum absolute atomic E-state index is 0.154. The molecular weight excluding hydrogens is 298 g/mol. The predicted molar refractivity (Wildman–Crippen MR) is 76.8 cm³/mol. The lowest BCUT2D eigenvalue weighted by molar-refractivity contribution is -0.114. The van der Waals surface area contributed by atoms with Crippen molar-refractivity contribution in [3.05, 3.63) is 51.2 Å². The molecule has 2 aromatic rings. The molecule has 0 N–H and O–H groups in total. The van der Waals surface area contributed by atoms with Crippen molar-refractivity contribution in [2.75, 3.05) is 11.4 Å². The zero-order valence-electron chi connectivity index (χ0n) is 10.1. The number of carbonyl (C=O) groups excluding carboxylic acids is 3. The van der Waals surface area contributed by atoms with Crippen molar-refractivity contribution < 1.29 is 14.4 Å². The number of thiophene rings is 1. The molecule has 0 bridgehead atoms. The van der Waals surface area contributed by atoms with E-state index in [0.29, 0.717) is 10.6 Å². The van der Waals surface area contributed by atoms with Crippen molar-refractivity contribution in [1.82, 2.24) is 0 Å². The topological polar surface area (TPSA) is 54.5 Å². The van der Waals surface area contributed by atoms with E-state index in [0.717, 1.165) is 0 Å². The van der Waals surface area contributed by atoms with Gasteiger partial charge in [0, 0.05) is 0 Å². The van der Waals surface area contributed by atoms with Crippen molar-refractivity contribution in [2.45, 2.75) is 0 Å². The van der Waals surface area contributed by atoms with E-state index < -0.39 is 11.7 Å². The summed E-state index contributed by atoms with van der Waals surface area (Å²) in [5, 5.41) is 2.02. The van der Waals surface area contributed by atoms with Gasteiger partial charge in [-0.3, -0.25) is 19.3 Å². The third kappa shape index (κ3) is 1.95. The molecule has 1 amide bonds. The SMILES string of the molecule is O=C(CN1C(=O)C(=O)c2c(Cl)cccc21)c1cccs1. The summed E-state index contributed by atoms with van der Waals surface area (Å²) in [6.07, 6.45) is 0. The highest BCUT2D eigenvalue weighted by Crippen LogP contribution is 2.34. The lowest BCUT2D eigenvalue weighted by atomic mass is 10.1. The first-order valence-corrected chi connectivity index (χ1v) is 7.07. The van der Waals surface area contributed by atoms with Crippen LogP contribution in [0.4, 0.5) is 5.69 Å². The van der Waals surface area contributed by atoms with Crippen molar-refractivity contribution in [3.63, 3.8) is 0 Å². The van der Waals surface area contributed by atoms with Gasteiger partial charge in [-0.2, -0.15) is 0 Å². The minimum Gasteiger partial charge on any atom is -0.297 e. The number of halogens is 1. The fourth-order valence-corrected chi connectivity index (χ4v) is 3.03. The summed E-state index contributed by atoms with van der Waals surface area (Å²) in [5.41, 5.74) is 0.579. The van der Waals surface area contributed by atoms with Gasteiger partial charge in [0.25, 0.3) is 11.7 Å². The normalized spacial score (nSPS) is 13.8. The van der Waals surface area contributed by atoms with E-state index in [1.165, 1.54) is 16.2 Å². The first kappa shape index (κ1) is 13.0. The molecule has 100 valence electrons. The van der Waals surface area contributed by atoms with E-state index in [1.54, 1.807) is 35.7 Å². The number of Topliss-reactive ketones (excluding diaryl/α,β-unsaturated/α-hetero) is 2. The lowest BCUT2D eigenvalue weighted by Gasteiger charge is -2.14. The number of hydrogen-bond donors (Lipinski definition) is 0. The number of anilines is 1. The average molecular weight is 306 g/mol. The third-order valence-corrected chi connectivity index (χ3v) is 4.27. The first-order valence-electron chi connectivity index (χ1n) is 5.81. The maximum atomic E-state index is 12.1. The molecule has 1 aliphatic rings. The number of carbonyl (C=O) groups is 3. The summed E-state index contributed by atoms with van der Waals surface area (Å²) in [4.78, 5) is 37.7. The Morgan fingerprint density at radius 3 is 2.70 bits per heavy atom. The number of rotatable bonds is 3. The van der Waals surface area contributed by atoms with Crippen LogP contribution in [0.2, 0.25) is 5.02 Å². The molecule has 1 aromatic carbocycles. The van der Waals surface area contributed by atoms with Crippen LogP contribution in [0.1, 0.15) is 20.0 Å². The van der Waals surface area contributed by atoms with E-state index in [1.807, 2.05) is 0 Å². The average Bonchev–Trinajstić information content (AvgIpc) is 3.03. The standard InChI is InChI=1S/C14H8ClNO3S/c15-8-3-1-4-9-12(8)13(18)14(19)16(9)7-10(17)11-5-2-6-20-11/h1-6H,7H2. The Morgan fingerprint density at radius 2 is 2.00 bits per heavy atom. The van der Waals surface area contributed by atoms with E-state index in [-0.39, 0.29) is 22.9 Å². The predicted octanol–water partition coefficient (Wildman–Crippen LogP) is 2.81. The lowest BCUT2D eigenvalue weighted by Crippen LogP contribution is -2.34. The fraction of sp³-hybridized carbons (Fsp3) is 0.0714. The molecule has 1 aromatic heterocycles. The van der Waals surface area contributed by atoms with Gasteiger partial charge in [0.1, 0.15) is 0 Å². The molecule has 0 spiro atoms. The maximum Gasteiger partial charge on any atom is 0.299 e. The highest BCUT2D eigenvalue weighted by atomic mass is 35.5. The number of benzene rings is 1. The number of fused-ring (bicyclic) bond motifs is 1.